The molecule has 0 bridgehead atoms. The van der Waals surface area contributed by atoms with Gasteiger partial charge in [-0.05, 0) is 30.9 Å². The number of benzene rings is 1. The Morgan fingerprint density at radius 1 is 1.50 bits per heavy atom. The third-order valence-electron chi connectivity index (χ3n) is 2.90. The summed E-state index contributed by atoms with van der Waals surface area (Å²) in [5.41, 5.74) is 1.78. The van der Waals surface area contributed by atoms with E-state index in [1.54, 1.807) is 6.07 Å². The van der Waals surface area contributed by atoms with Crippen LogP contribution in [-0.2, 0) is 0 Å². The SMILES string of the molecule is Cc1ccc(C(=O)C2CC2C)cc1Cl. The van der Waals surface area contributed by atoms with Crippen molar-refractivity contribution in [2.24, 2.45) is 11.8 Å². The Kier molecular flexibility index (Phi) is 2.36. The number of rotatable bonds is 2. The van der Waals surface area contributed by atoms with Crippen LogP contribution in [0.3, 0.4) is 0 Å². The Morgan fingerprint density at radius 2 is 2.14 bits per heavy atom. The molecule has 0 heterocycles. The first-order valence-corrected chi connectivity index (χ1v) is 5.27. The monoisotopic (exact) mass is 208 g/mol. The molecule has 1 saturated carbocycles. The van der Waals surface area contributed by atoms with E-state index >= 15 is 0 Å². The van der Waals surface area contributed by atoms with Crippen LogP contribution < -0.4 is 0 Å². The van der Waals surface area contributed by atoms with Crippen molar-refractivity contribution in [2.45, 2.75) is 20.3 Å². The van der Waals surface area contributed by atoms with Crippen LogP contribution in [0.1, 0.15) is 29.3 Å². The first kappa shape index (κ1) is 9.72. The average Bonchev–Trinajstić information content (AvgIpc) is 2.86. The fourth-order valence-electron chi connectivity index (χ4n) is 1.65. The molecule has 1 aromatic rings. The molecule has 1 nitrogen and oxygen atoms in total. The molecule has 1 aliphatic carbocycles. The summed E-state index contributed by atoms with van der Waals surface area (Å²) in [6.45, 7) is 4.05. The number of Topliss-reactive ketones (excluding diaryl/α,β-unsaturated/α-hetero) is 1. The van der Waals surface area contributed by atoms with Gasteiger partial charge in [0.2, 0.25) is 0 Å². The van der Waals surface area contributed by atoms with Gasteiger partial charge < -0.3 is 0 Å². The highest BCUT2D eigenvalue weighted by Gasteiger charge is 2.39. The fourth-order valence-corrected chi connectivity index (χ4v) is 1.83. The average molecular weight is 209 g/mol. The number of ketones is 1. The summed E-state index contributed by atoms with van der Waals surface area (Å²) in [4.78, 5) is 11.8. The summed E-state index contributed by atoms with van der Waals surface area (Å²) in [5.74, 6) is 1.05. The van der Waals surface area contributed by atoms with Crippen LogP contribution in [0.5, 0.6) is 0 Å². The molecule has 74 valence electrons. The molecule has 1 fully saturated rings. The predicted octanol–water partition coefficient (Wildman–Crippen LogP) is 3.49. The van der Waals surface area contributed by atoms with Crippen molar-refractivity contribution < 1.29 is 4.79 Å². The number of carbonyl (C=O) groups excluding carboxylic acids is 1. The Labute approximate surface area is 89.1 Å². The lowest BCUT2D eigenvalue weighted by atomic mass is 10.0. The Balaban J connectivity index is 2.24. The number of carbonyl (C=O) groups is 1. The zero-order valence-electron chi connectivity index (χ0n) is 8.38. The molecule has 14 heavy (non-hydrogen) atoms. The van der Waals surface area contributed by atoms with Crippen molar-refractivity contribution in [3.63, 3.8) is 0 Å². The van der Waals surface area contributed by atoms with E-state index in [2.05, 4.69) is 6.92 Å². The van der Waals surface area contributed by atoms with Gasteiger partial charge in [-0.1, -0.05) is 30.7 Å². The van der Waals surface area contributed by atoms with Gasteiger partial charge in [0, 0.05) is 16.5 Å². The second-order valence-corrected chi connectivity index (χ2v) is 4.55. The zero-order valence-corrected chi connectivity index (χ0v) is 9.14. The van der Waals surface area contributed by atoms with Crippen LogP contribution in [-0.4, -0.2) is 5.78 Å². The lowest BCUT2D eigenvalue weighted by Gasteiger charge is -2.02. The van der Waals surface area contributed by atoms with Gasteiger partial charge in [0.25, 0.3) is 0 Å². The van der Waals surface area contributed by atoms with E-state index in [9.17, 15) is 4.79 Å². The second-order valence-electron chi connectivity index (χ2n) is 4.15. The van der Waals surface area contributed by atoms with Crippen molar-refractivity contribution >= 4 is 17.4 Å². The molecule has 0 radical (unpaired) electrons. The van der Waals surface area contributed by atoms with Crippen molar-refractivity contribution in [3.05, 3.63) is 34.3 Å². The summed E-state index contributed by atoms with van der Waals surface area (Å²) in [6, 6.07) is 5.56. The highest BCUT2D eigenvalue weighted by atomic mass is 35.5. The van der Waals surface area contributed by atoms with Crippen LogP contribution in [0.4, 0.5) is 0 Å². The molecule has 2 unspecified atom stereocenters. The molecule has 0 spiro atoms. The first-order valence-electron chi connectivity index (χ1n) is 4.90. The van der Waals surface area contributed by atoms with Crippen molar-refractivity contribution in [2.75, 3.05) is 0 Å². The topological polar surface area (TPSA) is 17.1 Å². The fraction of sp³-hybridized carbons (Fsp3) is 0.417. The van der Waals surface area contributed by atoms with Gasteiger partial charge in [0.05, 0.1) is 0 Å². The van der Waals surface area contributed by atoms with Gasteiger partial charge in [-0.2, -0.15) is 0 Å². The van der Waals surface area contributed by atoms with E-state index in [1.807, 2.05) is 19.1 Å². The molecule has 1 aromatic carbocycles. The molecular weight excluding hydrogens is 196 g/mol. The van der Waals surface area contributed by atoms with Crippen LogP contribution in [0.25, 0.3) is 0 Å². The van der Waals surface area contributed by atoms with Gasteiger partial charge in [0.15, 0.2) is 5.78 Å². The summed E-state index contributed by atoms with van der Waals surface area (Å²) >= 11 is 5.97. The molecule has 0 aliphatic heterocycles. The number of hydrogen-bond acceptors (Lipinski definition) is 1. The summed E-state index contributed by atoms with van der Waals surface area (Å²) in [7, 11) is 0. The molecule has 0 N–H and O–H groups in total. The van der Waals surface area contributed by atoms with E-state index in [0.29, 0.717) is 10.9 Å². The molecule has 0 saturated heterocycles. The molecule has 0 aromatic heterocycles. The van der Waals surface area contributed by atoms with Gasteiger partial charge >= 0.3 is 0 Å². The zero-order chi connectivity index (χ0) is 10.3. The molecule has 0 amide bonds. The number of hydrogen-bond donors (Lipinski definition) is 0. The molecule has 1 aliphatic rings. The Morgan fingerprint density at radius 3 is 2.64 bits per heavy atom. The maximum atomic E-state index is 11.8. The standard InChI is InChI=1S/C12H13ClO/c1-7-3-4-9(6-11(7)13)12(14)10-5-8(10)2/h3-4,6,8,10H,5H2,1-2H3. The highest BCUT2D eigenvalue weighted by molar-refractivity contribution is 6.31. The van der Waals surface area contributed by atoms with Crippen molar-refractivity contribution in [1.82, 2.24) is 0 Å². The minimum atomic E-state index is 0.244. The largest absolute Gasteiger partial charge is 0.294 e. The summed E-state index contributed by atoms with van der Waals surface area (Å²) in [6.07, 6.45) is 1.03. The van der Waals surface area contributed by atoms with Crippen LogP contribution in [0.15, 0.2) is 18.2 Å². The maximum Gasteiger partial charge on any atom is 0.166 e. The minimum absolute atomic E-state index is 0.244. The molecular formula is C12H13ClO. The van der Waals surface area contributed by atoms with Gasteiger partial charge in [-0.25, -0.2) is 0 Å². The first-order chi connectivity index (χ1) is 6.59. The number of halogens is 1. The van der Waals surface area contributed by atoms with Crippen LogP contribution in [0.2, 0.25) is 5.02 Å². The predicted molar refractivity (Wildman–Crippen MR) is 57.8 cm³/mol. The Hall–Kier alpha value is -0.820. The molecule has 2 heteroatoms. The van der Waals surface area contributed by atoms with E-state index in [1.165, 1.54) is 0 Å². The number of aryl methyl sites for hydroxylation is 1. The van der Waals surface area contributed by atoms with Gasteiger partial charge in [0.1, 0.15) is 0 Å². The minimum Gasteiger partial charge on any atom is -0.294 e. The normalized spacial score (nSPS) is 24.8. The van der Waals surface area contributed by atoms with Crippen LogP contribution in [0, 0.1) is 18.8 Å². The second kappa shape index (κ2) is 3.39. The lowest BCUT2D eigenvalue weighted by molar-refractivity contribution is 0.0962. The Bertz CT molecular complexity index is 384. The third-order valence-corrected chi connectivity index (χ3v) is 3.31. The van der Waals surface area contributed by atoms with Crippen molar-refractivity contribution in [1.29, 1.82) is 0 Å². The quantitative estimate of drug-likeness (QED) is 0.680. The molecule has 2 atom stereocenters. The third kappa shape index (κ3) is 1.69. The van der Waals surface area contributed by atoms with Crippen molar-refractivity contribution in [3.8, 4) is 0 Å². The van der Waals surface area contributed by atoms with E-state index < -0.39 is 0 Å². The summed E-state index contributed by atoms with van der Waals surface area (Å²) < 4.78 is 0. The van der Waals surface area contributed by atoms with Gasteiger partial charge in [-0.3, -0.25) is 4.79 Å². The van der Waals surface area contributed by atoms with E-state index in [4.69, 9.17) is 11.6 Å². The summed E-state index contributed by atoms with van der Waals surface area (Å²) in [5, 5.41) is 0.684. The highest BCUT2D eigenvalue weighted by Crippen LogP contribution is 2.40. The van der Waals surface area contributed by atoms with Gasteiger partial charge in [-0.15, -0.1) is 0 Å². The van der Waals surface area contributed by atoms with E-state index in [-0.39, 0.29) is 11.7 Å². The van der Waals surface area contributed by atoms with Crippen LogP contribution >= 0.6 is 11.6 Å². The van der Waals surface area contributed by atoms with E-state index in [0.717, 1.165) is 17.5 Å². The maximum absolute atomic E-state index is 11.8. The molecule has 2 rings (SSSR count). The lowest BCUT2D eigenvalue weighted by Crippen LogP contribution is -2.02. The smallest absolute Gasteiger partial charge is 0.166 e.